The second-order valence-electron chi connectivity index (χ2n) is 6.02. The molecule has 3 heteroatoms. The van der Waals surface area contributed by atoms with Gasteiger partial charge in [0.2, 0.25) is 0 Å². The lowest BCUT2D eigenvalue weighted by atomic mass is 10.0. The molecule has 1 fully saturated rings. The van der Waals surface area contributed by atoms with Crippen LogP contribution in [0, 0.1) is 5.92 Å². The molecule has 20 heavy (non-hydrogen) atoms. The van der Waals surface area contributed by atoms with E-state index < -0.39 is 0 Å². The number of ether oxygens (including phenoxy) is 1. The van der Waals surface area contributed by atoms with Gasteiger partial charge in [0.05, 0.1) is 6.61 Å². The number of anilines is 1. The van der Waals surface area contributed by atoms with Gasteiger partial charge in [-0.25, -0.2) is 0 Å². The summed E-state index contributed by atoms with van der Waals surface area (Å²) in [4.78, 5) is 2.48. The van der Waals surface area contributed by atoms with Gasteiger partial charge in [0, 0.05) is 38.0 Å². The molecule has 1 aromatic carbocycles. The van der Waals surface area contributed by atoms with Gasteiger partial charge >= 0.3 is 0 Å². The average molecular weight is 276 g/mol. The molecule has 0 saturated carbocycles. The van der Waals surface area contributed by atoms with Crippen molar-refractivity contribution in [3.63, 3.8) is 0 Å². The molecule has 1 aliphatic heterocycles. The lowest BCUT2D eigenvalue weighted by Gasteiger charge is -2.34. The Hall–Kier alpha value is -1.06. The minimum Gasteiger partial charge on any atom is -0.380 e. The minimum atomic E-state index is 0.629. The fourth-order valence-electron chi connectivity index (χ4n) is 2.63. The summed E-state index contributed by atoms with van der Waals surface area (Å²) in [5, 5.41) is 3.62. The molecule has 0 aromatic heterocycles. The molecule has 3 nitrogen and oxygen atoms in total. The number of rotatable bonds is 7. The summed E-state index contributed by atoms with van der Waals surface area (Å²) in [6.07, 6.45) is 2.44. The third-order valence-electron chi connectivity index (χ3n) is 3.75. The zero-order valence-electron chi connectivity index (χ0n) is 12.8. The standard InChI is InChI=1S/C17H28N2O/c1-15(2)14-20-13-10-18-16-8-11-19(12-9-16)17-6-4-3-5-7-17/h3-7,15-16,18H,8-14H2,1-2H3. The third-order valence-corrected chi connectivity index (χ3v) is 3.75. The molecule has 1 N–H and O–H groups in total. The predicted octanol–water partition coefficient (Wildman–Crippen LogP) is 2.92. The van der Waals surface area contributed by atoms with Gasteiger partial charge < -0.3 is 15.0 Å². The van der Waals surface area contributed by atoms with E-state index >= 15 is 0 Å². The molecule has 1 saturated heterocycles. The molecule has 112 valence electrons. The normalized spacial score (nSPS) is 16.9. The van der Waals surface area contributed by atoms with Crippen LogP contribution in [-0.2, 0) is 4.74 Å². The van der Waals surface area contributed by atoms with Crippen molar-refractivity contribution in [3.05, 3.63) is 30.3 Å². The molecule has 0 amide bonds. The van der Waals surface area contributed by atoms with E-state index in [1.165, 1.54) is 18.5 Å². The van der Waals surface area contributed by atoms with Crippen molar-refractivity contribution in [2.75, 3.05) is 37.7 Å². The van der Waals surface area contributed by atoms with Crippen molar-refractivity contribution in [2.24, 2.45) is 5.92 Å². The first-order valence-corrected chi connectivity index (χ1v) is 7.87. The Labute approximate surface area is 123 Å². The lowest BCUT2D eigenvalue weighted by molar-refractivity contribution is 0.109. The fraction of sp³-hybridized carbons (Fsp3) is 0.647. The molecule has 0 aliphatic carbocycles. The Bertz CT molecular complexity index is 359. The van der Waals surface area contributed by atoms with Crippen LogP contribution in [0.3, 0.4) is 0 Å². The van der Waals surface area contributed by atoms with Gasteiger partial charge in [0.1, 0.15) is 0 Å². The van der Waals surface area contributed by atoms with E-state index in [9.17, 15) is 0 Å². The average Bonchev–Trinajstić information content (AvgIpc) is 2.48. The molecular weight excluding hydrogens is 248 g/mol. The van der Waals surface area contributed by atoms with Gasteiger partial charge in [-0.2, -0.15) is 0 Å². The van der Waals surface area contributed by atoms with E-state index in [0.717, 1.165) is 32.8 Å². The van der Waals surface area contributed by atoms with Crippen LogP contribution in [0.15, 0.2) is 30.3 Å². The van der Waals surface area contributed by atoms with Gasteiger partial charge in [-0.1, -0.05) is 32.0 Å². The monoisotopic (exact) mass is 276 g/mol. The highest BCUT2D eigenvalue weighted by Crippen LogP contribution is 2.19. The summed E-state index contributed by atoms with van der Waals surface area (Å²) >= 11 is 0. The zero-order valence-corrected chi connectivity index (χ0v) is 12.8. The highest BCUT2D eigenvalue weighted by atomic mass is 16.5. The topological polar surface area (TPSA) is 24.5 Å². The lowest BCUT2D eigenvalue weighted by Crippen LogP contribution is -2.43. The zero-order chi connectivity index (χ0) is 14.2. The minimum absolute atomic E-state index is 0.629. The van der Waals surface area contributed by atoms with E-state index in [1.807, 2.05) is 0 Å². The second kappa shape index (κ2) is 8.28. The Morgan fingerprint density at radius 1 is 1.20 bits per heavy atom. The van der Waals surface area contributed by atoms with Crippen LogP contribution in [0.2, 0.25) is 0 Å². The van der Waals surface area contributed by atoms with E-state index in [1.54, 1.807) is 0 Å². The van der Waals surface area contributed by atoms with Gasteiger partial charge in [-0.15, -0.1) is 0 Å². The van der Waals surface area contributed by atoms with E-state index in [0.29, 0.717) is 12.0 Å². The molecule has 0 unspecified atom stereocenters. The Balaban J connectivity index is 1.60. The van der Waals surface area contributed by atoms with Crippen LogP contribution < -0.4 is 10.2 Å². The van der Waals surface area contributed by atoms with Crippen LogP contribution in [0.25, 0.3) is 0 Å². The summed E-state index contributed by atoms with van der Waals surface area (Å²) in [6, 6.07) is 11.4. The van der Waals surface area contributed by atoms with Crippen molar-refractivity contribution in [3.8, 4) is 0 Å². The van der Waals surface area contributed by atoms with Gasteiger partial charge in [0.25, 0.3) is 0 Å². The smallest absolute Gasteiger partial charge is 0.0591 e. The van der Waals surface area contributed by atoms with Crippen LogP contribution in [0.4, 0.5) is 5.69 Å². The van der Waals surface area contributed by atoms with E-state index in [2.05, 4.69) is 54.4 Å². The maximum absolute atomic E-state index is 5.60. The quantitative estimate of drug-likeness (QED) is 0.775. The van der Waals surface area contributed by atoms with Gasteiger partial charge in [0.15, 0.2) is 0 Å². The number of benzene rings is 1. The third kappa shape index (κ3) is 5.14. The predicted molar refractivity (Wildman–Crippen MR) is 85.3 cm³/mol. The highest BCUT2D eigenvalue weighted by Gasteiger charge is 2.18. The fourth-order valence-corrected chi connectivity index (χ4v) is 2.63. The molecule has 0 radical (unpaired) electrons. The SMILES string of the molecule is CC(C)COCCNC1CCN(c2ccccc2)CC1. The molecule has 2 rings (SSSR count). The molecule has 0 atom stereocenters. The summed E-state index contributed by atoms with van der Waals surface area (Å²) in [5.41, 5.74) is 1.35. The first-order chi connectivity index (χ1) is 9.75. The Kier molecular flexibility index (Phi) is 6.34. The summed E-state index contributed by atoms with van der Waals surface area (Å²) in [5.74, 6) is 0.629. The van der Waals surface area contributed by atoms with Crippen molar-refractivity contribution < 1.29 is 4.74 Å². The molecule has 1 aromatic rings. The molecule has 1 heterocycles. The Morgan fingerprint density at radius 2 is 1.90 bits per heavy atom. The maximum atomic E-state index is 5.60. The van der Waals surface area contributed by atoms with Crippen molar-refractivity contribution >= 4 is 5.69 Å². The first-order valence-electron chi connectivity index (χ1n) is 7.87. The van der Waals surface area contributed by atoms with Gasteiger partial charge in [-0.3, -0.25) is 0 Å². The van der Waals surface area contributed by atoms with Crippen LogP contribution in [0.1, 0.15) is 26.7 Å². The number of nitrogens with zero attached hydrogens (tertiary/aromatic N) is 1. The largest absolute Gasteiger partial charge is 0.380 e. The number of piperidine rings is 1. The number of hydrogen-bond donors (Lipinski definition) is 1. The van der Waals surface area contributed by atoms with Gasteiger partial charge in [-0.05, 0) is 30.9 Å². The number of hydrogen-bond acceptors (Lipinski definition) is 3. The first kappa shape index (κ1) is 15.3. The maximum Gasteiger partial charge on any atom is 0.0591 e. The number of para-hydroxylation sites is 1. The highest BCUT2D eigenvalue weighted by molar-refractivity contribution is 5.46. The molecule has 1 aliphatic rings. The Morgan fingerprint density at radius 3 is 2.55 bits per heavy atom. The molecule has 0 spiro atoms. The molecule has 0 bridgehead atoms. The van der Waals surface area contributed by atoms with E-state index in [-0.39, 0.29) is 0 Å². The summed E-state index contributed by atoms with van der Waals surface area (Å²) < 4.78 is 5.60. The number of nitrogens with one attached hydrogen (secondary N) is 1. The summed E-state index contributed by atoms with van der Waals surface area (Å²) in [7, 11) is 0. The summed E-state index contributed by atoms with van der Waals surface area (Å²) in [6.45, 7) is 9.34. The second-order valence-corrected chi connectivity index (χ2v) is 6.02. The van der Waals surface area contributed by atoms with Crippen LogP contribution >= 0.6 is 0 Å². The van der Waals surface area contributed by atoms with Crippen molar-refractivity contribution in [2.45, 2.75) is 32.7 Å². The van der Waals surface area contributed by atoms with Crippen LogP contribution in [0.5, 0.6) is 0 Å². The van der Waals surface area contributed by atoms with Crippen molar-refractivity contribution in [1.29, 1.82) is 0 Å². The van der Waals surface area contributed by atoms with Crippen LogP contribution in [-0.4, -0.2) is 38.9 Å². The van der Waals surface area contributed by atoms with E-state index in [4.69, 9.17) is 4.74 Å². The molecular formula is C17H28N2O. The van der Waals surface area contributed by atoms with Crippen molar-refractivity contribution in [1.82, 2.24) is 5.32 Å².